The van der Waals surface area contributed by atoms with Crippen LogP contribution < -0.4 is 0 Å². The van der Waals surface area contributed by atoms with Crippen molar-refractivity contribution in [3.63, 3.8) is 0 Å². The number of aromatic carboxylic acids is 1. The Balaban J connectivity index is 1.72. The van der Waals surface area contributed by atoms with Crippen molar-refractivity contribution in [2.45, 2.75) is 38.0 Å². The minimum absolute atomic E-state index is 0.187. The van der Waals surface area contributed by atoms with Gasteiger partial charge in [0.1, 0.15) is 0 Å². The first-order valence-electron chi connectivity index (χ1n) is 7.03. The van der Waals surface area contributed by atoms with E-state index < -0.39 is 5.97 Å². The van der Waals surface area contributed by atoms with Gasteiger partial charge in [0.2, 0.25) is 5.76 Å². The second kappa shape index (κ2) is 3.62. The van der Waals surface area contributed by atoms with Crippen LogP contribution in [0.3, 0.4) is 0 Å². The molecule has 0 aromatic carbocycles. The Hall–Kier alpha value is -1.25. The van der Waals surface area contributed by atoms with Crippen LogP contribution in [0, 0.1) is 23.7 Å². The molecule has 4 bridgehead atoms. The predicted molar refractivity (Wildman–Crippen MR) is 65.5 cm³/mol. The van der Waals surface area contributed by atoms with Gasteiger partial charge in [-0.05, 0) is 67.8 Å². The highest BCUT2D eigenvalue weighted by molar-refractivity contribution is 5.86. The fourth-order valence-electron chi connectivity index (χ4n) is 5.19. The summed E-state index contributed by atoms with van der Waals surface area (Å²) in [5.41, 5.74) is 0.969. The third-order valence-electron chi connectivity index (χ3n) is 5.48. The molecule has 4 aliphatic carbocycles. The van der Waals surface area contributed by atoms with E-state index in [-0.39, 0.29) is 5.76 Å². The van der Waals surface area contributed by atoms with Gasteiger partial charge in [0.25, 0.3) is 0 Å². The standard InChI is InChI=1S/C15H18O3/c16-15(17)14-12(1-2-18-14)13-10-4-8-3-9(6-10)7-11(13)5-8/h1-2,8-11,13H,3-7H2,(H,16,17). The summed E-state index contributed by atoms with van der Waals surface area (Å²) < 4.78 is 5.18. The maximum Gasteiger partial charge on any atom is 0.372 e. The lowest BCUT2D eigenvalue weighted by Gasteiger charge is -2.54. The van der Waals surface area contributed by atoms with E-state index >= 15 is 0 Å². The van der Waals surface area contributed by atoms with E-state index in [9.17, 15) is 9.90 Å². The molecule has 0 amide bonds. The summed E-state index contributed by atoms with van der Waals surface area (Å²) >= 11 is 0. The van der Waals surface area contributed by atoms with Crippen LogP contribution in [0.1, 0.15) is 54.1 Å². The Labute approximate surface area is 106 Å². The summed E-state index contributed by atoms with van der Waals surface area (Å²) in [7, 11) is 0. The van der Waals surface area contributed by atoms with Crippen molar-refractivity contribution in [3.8, 4) is 0 Å². The molecule has 0 unspecified atom stereocenters. The van der Waals surface area contributed by atoms with E-state index in [1.165, 1.54) is 32.1 Å². The molecular weight excluding hydrogens is 228 g/mol. The molecule has 0 saturated heterocycles. The van der Waals surface area contributed by atoms with Gasteiger partial charge in [-0.25, -0.2) is 4.79 Å². The van der Waals surface area contributed by atoms with Crippen molar-refractivity contribution in [1.29, 1.82) is 0 Å². The van der Waals surface area contributed by atoms with E-state index in [1.54, 1.807) is 6.26 Å². The van der Waals surface area contributed by atoms with Crippen molar-refractivity contribution >= 4 is 5.97 Å². The SMILES string of the molecule is O=C(O)c1occc1C1C2CC3CC(C2)CC1C3. The molecular formula is C15H18O3. The Kier molecular flexibility index (Phi) is 2.14. The van der Waals surface area contributed by atoms with Crippen molar-refractivity contribution in [1.82, 2.24) is 0 Å². The number of hydrogen-bond acceptors (Lipinski definition) is 2. The van der Waals surface area contributed by atoms with Crippen LogP contribution in [-0.2, 0) is 0 Å². The van der Waals surface area contributed by atoms with Gasteiger partial charge in [0, 0.05) is 5.56 Å². The second-order valence-corrected chi connectivity index (χ2v) is 6.47. The van der Waals surface area contributed by atoms with Gasteiger partial charge in [-0.1, -0.05) is 0 Å². The van der Waals surface area contributed by atoms with Crippen LogP contribution >= 0.6 is 0 Å². The van der Waals surface area contributed by atoms with E-state index in [2.05, 4.69) is 0 Å². The average molecular weight is 246 g/mol. The first-order chi connectivity index (χ1) is 8.72. The molecule has 3 heteroatoms. The molecule has 3 nitrogen and oxygen atoms in total. The van der Waals surface area contributed by atoms with E-state index in [4.69, 9.17) is 4.42 Å². The van der Waals surface area contributed by atoms with E-state index in [1.807, 2.05) is 6.07 Å². The second-order valence-electron chi connectivity index (χ2n) is 6.47. The quantitative estimate of drug-likeness (QED) is 0.868. The lowest BCUT2D eigenvalue weighted by atomic mass is 9.51. The summed E-state index contributed by atoms with van der Waals surface area (Å²) in [5, 5.41) is 9.22. The van der Waals surface area contributed by atoms with Gasteiger partial charge in [0.05, 0.1) is 6.26 Å². The number of hydrogen-bond donors (Lipinski definition) is 1. The summed E-state index contributed by atoms with van der Waals surface area (Å²) in [4.78, 5) is 11.2. The first kappa shape index (κ1) is 10.7. The fourth-order valence-corrected chi connectivity index (χ4v) is 5.19. The highest BCUT2D eigenvalue weighted by atomic mass is 16.4. The molecule has 1 aromatic heterocycles. The molecule has 1 N–H and O–H groups in total. The van der Waals surface area contributed by atoms with E-state index in [0.29, 0.717) is 17.8 Å². The van der Waals surface area contributed by atoms with Crippen LogP contribution in [0.15, 0.2) is 16.7 Å². The van der Waals surface area contributed by atoms with Crippen molar-refractivity contribution in [3.05, 3.63) is 23.7 Å². The minimum Gasteiger partial charge on any atom is -0.475 e. The van der Waals surface area contributed by atoms with Gasteiger partial charge in [-0.2, -0.15) is 0 Å². The van der Waals surface area contributed by atoms with E-state index in [0.717, 1.165) is 17.4 Å². The molecule has 0 spiro atoms. The highest BCUT2D eigenvalue weighted by Gasteiger charge is 2.49. The highest BCUT2D eigenvalue weighted by Crippen LogP contribution is 2.60. The molecule has 4 fully saturated rings. The molecule has 1 aromatic rings. The third-order valence-corrected chi connectivity index (χ3v) is 5.48. The normalized spacial score (nSPS) is 41.2. The first-order valence-corrected chi connectivity index (χ1v) is 7.03. The largest absolute Gasteiger partial charge is 0.475 e. The number of carbonyl (C=O) groups is 1. The molecule has 5 rings (SSSR count). The minimum atomic E-state index is -0.913. The number of carboxylic acid groups (broad SMARTS) is 1. The van der Waals surface area contributed by atoms with Crippen LogP contribution in [0.4, 0.5) is 0 Å². The molecule has 96 valence electrons. The molecule has 1 heterocycles. The average Bonchev–Trinajstić information content (AvgIpc) is 2.76. The lowest BCUT2D eigenvalue weighted by Crippen LogP contribution is -2.44. The maximum atomic E-state index is 11.2. The monoisotopic (exact) mass is 246 g/mol. The summed E-state index contributed by atoms with van der Waals surface area (Å²) in [6.07, 6.45) is 8.20. The van der Waals surface area contributed by atoms with Crippen LogP contribution in [0.5, 0.6) is 0 Å². The lowest BCUT2D eigenvalue weighted by molar-refractivity contribution is -0.00347. The number of furan rings is 1. The topological polar surface area (TPSA) is 50.4 Å². The third kappa shape index (κ3) is 1.39. The maximum absolute atomic E-state index is 11.2. The van der Waals surface area contributed by atoms with Gasteiger partial charge >= 0.3 is 5.97 Å². The summed E-state index contributed by atoms with van der Waals surface area (Å²) in [5.74, 6) is 2.97. The zero-order valence-corrected chi connectivity index (χ0v) is 10.3. The Morgan fingerprint density at radius 1 is 1.11 bits per heavy atom. The molecule has 0 atom stereocenters. The zero-order valence-electron chi connectivity index (χ0n) is 10.3. The van der Waals surface area contributed by atoms with Crippen LogP contribution in [-0.4, -0.2) is 11.1 Å². The fraction of sp³-hybridized carbons (Fsp3) is 0.667. The van der Waals surface area contributed by atoms with Gasteiger partial charge < -0.3 is 9.52 Å². The van der Waals surface area contributed by atoms with Gasteiger partial charge in [-0.15, -0.1) is 0 Å². The van der Waals surface area contributed by atoms with Crippen LogP contribution in [0.2, 0.25) is 0 Å². The zero-order chi connectivity index (χ0) is 12.3. The summed E-state index contributed by atoms with van der Waals surface area (Å²) in [6.45, 7) is 0. The predicted octanol–water partition coefficient (Wildman–Crippen LogP) is 3.52. The number of carboxylic acids is 1. The summed E-state index contributed by atoms with van der Waals surface area (Å²) in [6, 6.07) is 1.90. The van der Waals surface area contributed by atoms with Crippen molar-refractivity contribution in [2.75, 3.05) is 0 Å². The van der Waals surface area contributed by atoms with Crippen molar-refractivity contribution in [2.24, 2.45) is 23.7 Å². The molecule has 4 aliphatic rings. The van der Waals surface area contributed by atoms with Gasteiger partial charge in [0.15, 0.2) is 0 Å². The number of rotatable bonds is 2. The van der Waals surface area contributed by atoms with Crippen LogP contribution in [0.25, 0.3) is 0 Å². The Bertz CT molecular complexity index is 460. The smallest absolute Gasteiger partial charge is 0.372 e. The molecule has 0 aliphatic heterocycles. The van der Waals surface area contributed by atoms with Crippen molar-refractivity contribution < 1.29 is 14.3 Å². The molecule has 0 radical (unpaired) electrons. The molecule has 18 heavy (non-hydrogen) atoms. The molecule has 4 saturated carbocycles. The van der Waals surface area contributed by atoms with Gasteiger partial charge in [-0.3, -0.25) is 0 Å². The Morgan fingerprint density at radius 3 is 2.28 bits per heavy atom. The Morgan fingerprint density at radius 2 is 1.72 bits per heavy atom.